The molecule has 0 unspecified atom stereocenters. The second kappa shape index (κ2) is 5.13. The van der Waals surface area contributed by atoms with E-state index in [1.807, 2.05) is 13.8 Å². The van der Waals surface area contributed by atoms with E-state index in [4.69, 9.17) is 10.2 Å². The predicted molar refractivity (Wildman–Crippen MR) is 42.3 cm³/mol. The Morgan fingerprint density at radius 2 is 2.00 bits per heavy atom. The summed E-state index contributed by atoms with van der Waals surface area (Å²) in [5.74, 6) is -0.796. The first-order chi connectivity index (χ1) is 5.07. The molecule has 3 heteroatoms. The van der Waals surface area contributed by atoms with Gasteiger partial charge in [0.25, 0.3) is 0 Å². The molecular weight excluding hydrogens is 144 g/mol. The van der Waals surface area contributed by atoms with Crippen LogP contribution in [0.4, 0.5) is 0 Å². The van der Waals surface area contributed by atoms with Crippen LogP contribution in [0.25, 0.3) is 0 Å². The first-order valence-corrected chi connectivity index (χ1v) is 3.91. The van der Waals surface area contributed by atoms with E-state index < -0.39 is 5.97 Å². The number of rotatable bonds is 5. The van der Waals surface area contributed by atoms with Gasteiger partial charge in [0, 0.05) is 6.61 Å². The fourth-order valence-electron chi connectivity index (χ4n) is 1.07. The van der Waals surface area contributed by atoms with E-state index in [0.717, 1.165) is 0 Å². The summed E-state index contributed by atoms with van der Waals surface area (Å²) in [6, 6.07) is 0. The van der Waals surface area contributed by atoms with Gasteiger partial charge in [0.2, 0.25) is 0 Å². The number of carboxylic acid groups (broad SMARTS) is 1. The number of aliphatic carboxylic acids is 1. The first-order valence-electron chi connectivity index (χ1n) is 3.91. The van der Waals surface area contributed by atoms with Crippen LogP contribution in [0.3, 0.4) is 0 Å². The van der Waals surface area contributed by atoms with Crippen molar-refractivity contribution >= 4 is 5.97 Å². The molecule has 0 bridgehead atoms. The van der Waals surface area contributed by atoms with Crippen LogP contribution >= 0.6 is 0 Å². The molecule has 3 nitrogen and oxygen atoms in total. The summed E-state index contributed by atoms with van der Waals surface area (Å²) in [5, 5.41) is 17.2. The van der Waals surface area contributed by atoms with Crippen LogP contribution in [0.1, 0.15) is 26.7 Å². The highest BCUT2D eigenvalue weighted by molar-refractivity contribution is 5.69. The van der Waals surface area contributed by atoms with Gasteiger partial charge < -0.3 is 10.2 Å². The van der Waals surface area contributed by atoms with Crippen molar-refractivity contribution in [1.82, 2.24) is 0 Å². The van der Waals surface area contributed by atoms with Crippen LogP contribution in [-0.2, 0) is 4.79 Å². The fraction of sp³-hybridized carbons (Fsp3) is 0.875. The normalized spacial score (nSPS) is 13.5. The number of aliphatic hydroxyl groups excluding tert-OH is 1. The minimum atomic E-state index is -0.798. The highest BCUT2D eigenvalue weighted by atomic mass is 16.4. The third kappa shape index (κ3) is 4.79. The zero-order valence-corrected chi connectivity index (χ0v) is 7.08. The number of hydrogen-bond acceptors (Lipinski definition) is 2. The van der Waals surface area contributed by atoms with Gasteiger partial charge in [-0.2, -0.15) is 0 Å². The molecule has 1 atom stereocenters. The maximum Gasteiger partial charge on any atom is 0.306 e. The minimum Gasteiger partial charge on any atom is -0.481 e. The summed E-state index contributed by atoms with van der Waals surface area (Å²) in [4.78, 5) is 10.5. The molecule has 0 heterocycles. The van der Waals surface area contributed by atoms with Gasteiger partial charge in [-0.1, -0.05) is 13.8 Å². The van der Waals surface area contributed by atoms with Crippen molar-refractivity contribution in [3.8, 4) is 0 Å². The molecule has 0 spiro atoms. The molecule has 0 aliphatic heterocycles. The van der Waals surface area contributed by atoms with Crippen molar-refractivity contribution in [2.75, 3.05) is 6.61 Å². The van der Waals surface area contributed by atoms with E-state index in [1.165, 1.54) is 0 Å². The molecule has 0 fully saturated rings. The average molecular weight is 160 g/mol. The highest BCUT2D eigenvalue weighted by Crippen LogP contribution is 2.14. The first kappa shape index (κ1) is 10.4. The van der Waals surface area contributed by atoms with Crippen molar-refractivity contribution < 1.29 is 15.0 Å². The molecule has 0 aliphatic carbocycles. The molecule has 0 saturated carbocycles. The molecule has 0 rings (SSSR count). The summed E-state index contributed by atoms with van der Waals surface area (Å²) >= 11 is 0. The molecule has 0 aromatic heterocycles. The van der Waals surface area contributed by atoms with Crippen molar-refractivity contribution in [2.45, 2.75) is 26.7 Å². The lowest BCUT2D eigenvalue weighted by Gasteiger charge is -2.12. The van der Waals surface area contributed by atoms with E-state index >= 15 is 0 Å². The second-order valence-corrected chi connectivity index (χ2v) is 3.18. The van der Waals surface area contributed by atoms with Crippen LogP contribution in [-0.4, -0.2) is 22.8 Å². The lowest BCUT2D eigenvalue weighted by Crippen LogP contribution is -2.17. The molecule has 11 heavy (non-hydrogen) atoms. The largest absolute Gasteiger partial charge is 0.481 e. The van der Waals surface area contributed by atoms with E-state index in [1.54, 1.807) is 0 Å². The van der Waals surface area contributed by atoms with E-state index in [2.05, 4.69) is 0 Å². The quantitative estimate of drug-likeness (QED) is 0.633. The second-order valence-electron chi connectivity index (χ2n) is 3.18. The summed E-state index contributed by atoms with van der Waals surface area (Å²) in [7, 11) is 0. The van der Waals surface area contributed by atoms with Crippen LogP contribution < -0.4 is 0 Å². The maximum atomic E-state index is 10.5. The Bertz CT molecular complexity index is 121. The van der Waals surface area contributed by atoms with E-state index in [-0.39, 0.29) is 12.5 Å². The molecule has 0 aromatic carbocycles. The van der Waals surface area contributed by atoms with Crippen molar-refractivity contribution in [3.05, 3.63) is 0 Å². The Morgan fingerprint density at radius 3 is 2.27 bits per heavy atom. The molecular formula is C8H16O3. The van der Waals surface area contributed by atoms with Crippen LogP contribution in [0.15, 0.2) is 0 Å². The number of hydrogen-bond donors (Lipinski definition) is 2. The lowest BCUT2D eigenvalue weighted by molar-refractivity contribution is -0.142. The van der Waals surface area contributed by atoms with Gasteiger partial charge in [0.05, 0.1) is 5.92 Å². The Balaban J connectivity index is 3.79. The Morgan fingerprint density at radius 1 is 1.45 bits per heavy atom. The lowest BCUT2D eigenvalue weighted by atomic mass is 9.95. The molecule has 0 aliphatic rings. The standard InChI is InChI=1S/C8H16O3/c1-6(2)5-7(3-4-9)8(10)11/h6-7,9H,3-5H2,1-2H3,(H,10,11)/t7-/m1/s1. The molecule has 2 N–H and O–H groups in total. The number of carboxylic acids is 1. The van der Waals surface area contributed by atoms with Crippen LogP contribution in [0.2, 0.25) is 0 Å². The Labute approximate surface area is 67.0 Å². The van der Waals surface area contributed by atoms with E-state index in [9.17, 15) is 4.79 Å². The fourth-order valence-corrected chi connectivity index (χ4v) is 1.07. The van der Waals surface area contributed by atoms with Crippen molar-refractivity contribution in [3.63, 3.8) is 0 Å². The third-order valence-corrected chi connectivity index (χ3v) is 1.58. The van der Waals surface area contributed by atoms with Gasteiger partial charge in [-0.15, -0.1) is 0 Å². The summed E-state index contributed by atoms with van der Waals surface area (Å²) < 4.78 is 0. The van der Waals surface area contributed by atoms with Gasteiger partial charge in [0.1, 0.15) is 0 Å². The molecule has 0 aromatic rings. The molecule has 66 valence electrons. The van der Waals surface area contributed by atoms with Gasteiger partial charge in [-0.25, -0.2) is 0 Å². The highest BCUT2D eigenvalue weighted by Gasteiger charge is 2.17. The Kier molecular flexibility index (Phi) is 4.86. The van der Waals surface area contributed by atoms with Crippen LogP contribution in [0.5, 0.6) is 0 Å². The van der Waals surface area contributed by atoms with Crippen molar-refractivity contribution in [2.24, 2.45) is 11.8 Å². The SMILES string of the molecule is CC(C)C[C@@H](CCO)C(=O)O. The summed E-state index contributed by atoms with van der Waals surface area (Å²) in [5.41, 5.74) is 0. The third-order valence-electron chi connectivity index (χ3n) is 1.58. The van der Waals surface area contributed by atoms with Crippen LogP contribution in [0, 0.1) is 11.8 Å². The maximum absolute atomic E-state index is 10.5. The minimum absolute atomic E-state index is 0.0380. The molecule has 0 saturated heterocycles. The summed E-state index contributed by atoms with van der Waals surface area (Å²) in [6.45, 7) is 3.92. The van der Waals surface area contributed by atoms with Gasteiger partial charge in [-0.3, -0.25) is 4.79 Å². The van der Waals surface area contributed by atoms with E-state index in [0.29, 0.717) is 18.8 Å². The Hall–Kier alpha value is -0.570. The monoisotopic (exact) mass is 160 g/mol. The van der Waals surface area contributed by atoms with Gasteiger partial charge in [-0.05, 0) is 18.8 Å². The zero-order chi connectivity index (χ0) is 8.85. The average Bonchev–Trinajstić information content (AvgIpc) is 1.86. The smallest absolute Gasteiger partial charge is 0.306 e. The molecule has 0 amide bonds. The molecule has 0 radical (unpaired) electrons. The zero-order valence-electron chi connectivity index (χ0n) is 7.08. The predicted octanol–water partition coefficient (Wildman–Crippen LogP) is 1.12. The topological polar surface area (TPSA) is 57.5 Å². The number of carbonyl (C=O) groups is 1. The number of aliphatic hydroxyl groups is 1. The van der Waals surface area contributed by atoms with Gasteiger partial charge in [0.15, 0.2) is 0 Å². The summed E-state index contributed by atoms with van der Waals surface area (Å²) in [6.07, 6.45) is 1.02. The van der Waals surface area contributed by atoms with Gasteiger partial charge >= 0.3 is 5.97 Å². The van der Waals surface area contributed by atoms with Crippen molar-refractivity contribution in [1.29, 1.82) is 0 Å².